The molecule has 32 heavy (non-hydrogen) atoms. The molecule has 0 saturated heterocycles. The summed E-state index contributed by atoms with van der Waals surface area (Å²) in [6.07, 6.45) is 3.32. The van der Waals surface area contributed by atoms with Crippen molar-refractivity contribution in [3.05, 3.63) is 0 Å². The second kappa shape index (κ2) is 16.7. The Hall–Kier alpha value is -1.89. The molecule has 0 heterocycles. The van der Waals surface area contributed by atoms with E-state index in [2.05, 4.69) is 28.6 Å². The molecule has 0 rings (SSSR count). The van der Waals surface area contributed by atoms with Gasteiger partial charge in [-0.3, -0.25) is 14.4 Å². The van der Waals surface area contributed by atoms with Gasteiger partial charge in [0.15, 0.2) is 0 Å². The van der Waals surface area contributed by atoms with E-state index in [0.717, 1.165) is 6.42 Å². The molecule has 186 valence electrons. The summed E-state index contributed by atoms with van der Waals surface area (Å²) in [4.78, 5) is 49.2. The van der Waals surface area contributed by atoms with Crippen LogP contribution in [0.25, 0.3) is 0 Å². The molecule has 0 saturated carbocycles. The van der Waals surface area contributed by atoms with E-state index in [9.17, 15) is 24.3 Å². The highest BCUT2D eigenvalue weighted by molar-refractivity contribution is 7.80. The average molecular weight is 477 g/mol. The van der Waals surface area contributed by atoms with Crippen LogP contribution in [-0.4, -0.2) is 71.8 Å². The first-order valence-corrected chi connectivity index (χ1v) is 11.6. The summed E-state index contributed by atoms with van der Waals surface area (Å²) in [5.41, 5.74) is 16.8. The lowest BCUT2D eigenvalue weighted by Crippen LogP contribution is -2.58. The van der Waals surface area contributed by atoms with E-state index in [1.807, 2.05) is 0 Å². The third kappa shape index (κ3) is 11.7. The zero-order valence-corrected chi connectivity index (χ0v) is 19.9. The highest BCUT2D eigenvalue weighted by Gasteiger charge is 2.30. The fourth-order valence-corrected chi connectivity index (χ4v) is 3.17. The van der Waals surface area contributed by atoms with Crippen LogP contribution in [0.5, 0.6) is 0 Å². The molecule has 0 aliphatic heterocycles. The Balaban J connectivity index is 5.16. The fourth-order valence-electron chi connectivity index (χ4n) is 2.91. The van der Waals surface area contributed by atoms with Gasteiger partial charge in [0.1, 0.15) is 18.1 Å². The van der Waals surface area contributed by atoms with Gasteiger partial charge in [-0.25, -0.2) is 4.79 Å². The van der Waals surface area contributed by atoms with Crippen molar-refractivity contribution in [1.82, 2.24) is 16.0 Å². The summed E-state index contributed by atoms with van der Waals surface area (Å²) >= 11 is 4.13. The normalized spacial score (nSPS) is 14.8. The lowest BCUT2D eigenvalue weighted by atomic mass is 10.0. The number of carboxylic acid groups (broad SMARTS) is 1. The van der Waals surface area contributed by atoms with Gasteiger partial charge >= 0.3 is 5.97 Å². The number of carbonyl (C=O) groups is 4. The molecule has 0 fully saturated rings. The number of carboxylic acids is 1. The van der Waals surface area contributed by atoms with Gasteiger partial charge in [0.25, 0.3) is 0 Å². The Morgan fingerprint density at radius 2 is 1.31 bits per heavy atom. The molecule has 0 aromatic heterocycles. The van der Waals surface area contributed by atoms with Crippen molar-refractivity contribution >= 4 is 36.3 Å². The highest BCUT2D eigenvalue weighted by Crippen LogP contribution is 2.07. The highest BCUT2D eigenvalue weighted by atomic mass is 32.1. The van der Waals surface area contributed by atoms with Gasteiger partial charge in [-0.2, -0.15) is 12.6 Å². The van der Waals surface area contributed by atoms with E-state index < -0.39 is 47.9 Å². The summed E-state index contributed by atoms with van der Waals surface area (Å²) in [5, 5.41) is 17.0. The van der Waals surface area contributed by atoms with Crippen molar-refractivity contribution in [2.75, 3.05) is 18.8 Å². The molecule has 0 aromatic rings. The maximum absolute atomic E-state index is 12.7. The molecule has 0 aromatic carbocycles. The maximum Gasteiger partial charge on any atom is 0.326 e. The molecule has 12 heteroatoms. The van der Waals surface area contributed by atoms with Gasteiger partial charge < -0.3 is 38.3 Å². The molecular formula is C20H40N6O5S. The number of unbranched alkanes of at least 4 members (excludes halogenated alkanes) is 2. The van der Waals surface area contributed by atoms with Crippen molar-refractivity contribution in [3.63, 3.8) is 0 Å². The number of amides is 3. The first-order chi connectivity index (χ1) is 15.1. The van der Waals surface area contributed by atoms with E-state index in [4.69, 9.17) is 17.2 Å². The van der Waals surface area contributed by atoms with E-state index in [-0.39, 0.29) is 18.1 Å². The molecular weight excluding hydrogens is 436 g/mol. The van der Waals surface area contributed by atoms with Gasteiger partial charge in [-0.15, -0.1) is 0 Å². The number of aliphatic carboxylic acids is 1. The second-order valence-electron chi connectivity index (χ2n) is 8.05. The minimum absolute atomic E-state index is 0.00597. The zero-order valence-electron chi connectivity index (χ0n) is 19.0. The van der Waals surface area contributed by atoms with Gasteiger partial charge in [0, 0.05) is 5.75 Å². The number of thiol groups is 1. The molecule has 0 spiro atoms. The van der Waals surface area contributed by atoms with Crippen LogP contribution in [0, 0.1) is 5.92 Å². The SMILES string of the molecule is CC(C)C(NC(=O)C(CCCCN)NC(=O)C(CS)NC(=O)C(N)CCCCN)C(=O)O. The van der Waals surface area contributed by atoms with E-state index in [1.54, 1.807) is 13.8 Å². The van der Waals surface area contributed by atoms with Gasteiger partial charge in [0.05, 0.1) is 6.04 Å². The molecule has 4 atom stereocenters. The summed E-state index contributed by atoms with van der Waals surface area (Å²) in [6, 6.07) is -3.87. The summed E-state index contributed by atoms with van der Waals surface area (Å²) in [6.45, 7) is 4.27. The molecule has 10 N–H and O–H groups in total. The number of rotatable bonds is 17. The second-order valence-corrected chi connectivity index (χ2v) is 8.41. The van der Waals surface area contributed by atoms with Gasteiger partial charge in [0.2, 0.25) is 17.7 Å². The third-order valence-corrected chi connectivity index (χ3v) is 5.30. The lowest BCUT2D eigenvalue weighted by Gasteiger charge is -2.25. The van der Waals surface area contributed by atoms with Crippen molar-refractivity contribution < 1.29 is 24.3 Å². The third-order valence-electron chi connectivity index (χ3n) is 4.93. The predicted octanol–water partition coefficient (Wildman–Crippen LogP) is -1.30. The Morgan fingerprint density at radius 3 is 1.78 bits per heavy atom. The maximum atomic E-state index is 12.7. The van der Waals surface area contributed by atoms with Crippen LogP contribution in [0.2, 0.25) is 0 Å². The van der Waals surface area contributed by atoms with Crippen LogP contribution >= 0.6 is 12.6 Å². The molecule has 0 bridgehead atoms. The topological polar surface area (TPSA) is 203 Å². The first-order valence-electron chi connectivity index (χ1n) is 11.0. The molecule has 11 nitrogen and oxygen atoms in total. The number of nitrogens with two attached hydrogens (primary N) is 3. The smallest absolute Gasteiger partial charge is 0.326 e. The largest absolute Gasteiger partial charge is 0.480 e. The van der Waals surface area contributed by atoms with Gasteiger partial charge in [-0.05, 0) is 51.1 Å². The van der Waals surface area contributed by atoms with Crippen LogP contribution < -0.4 is 33.2 Å². The number of hydrogen-bond acceptors (Lipinski definition) is 8. The Kier molecular flexibility index (Phi) is 15.7. The predicted molar refractivity (Wildman–Crippen MR) is 126 cm³/mol. The quantitative estimate of drug-likeness (QED) is 0.0933. The van der Waals surface area contributed by atoms with Crippen LogP contribution in [-0.2, 0) is 19.2 Å². The fraction of sp³-hybridized carbons (Fsp3) is 0.800. The van der Waals surface area contributed by atoms with E-state index >= 15 is 0 Å². The standard InChI is InChI=1S/C20H40N6O5S/c1-12(2)16(20(30)31)26-18(28)14(8-4-6-10-22)24-19(29)15(11-32)25-17(27)13(23)7-3-5-9-21/h12-16,32H,3-11,21-23H2,1-2H3,(H,24,29)(H,25,27)(H,26,28)(H,30,31). The number of nitrogens with one attached hydrogen (secondary N) is 3. The van der Waals surface area contributed by atoms with Crippen LogP contribution in [0.4, 0.5) is 0 Å². The Labute approximate surface area is 195 Å². The molecule has 0 aliphatic carbocycles. The first kappa shape index (κ1) is 30.1. The Bertz CT molecular complexity index is 607. The van der Waals surface area contributed by atoms with Crippen LogP contribution in [0.1, 0.15) is 52.4 Å². The summed E-state index contributed by atoms with van der Waals surface area (Å²) in [5.74, 6) is -3.22. The van der Waals surface area contributed by atoms with E-state index in [1.165, 1.54) is 0 Å². The lowest BCUT2D eigenvalue weighted by molar-refractivity contribution is -0.143. The molecule has 4 unspecified atom stereocenters. The molecule has 0 radical (unpaired) electrons. The summed E-state index contributed by atoms with van der Waals surface area (Å²) in [7, 11) is 0. The van der Waals surface area contributed by atoms with Crippen molar-refractivity contribution in [3.8, 4) is 0 Å². The summed E-state index contributed by atoms with van der Waals surface area (Å²) < 4.78 is 0. The van der Waals surface area contributed by atoms with Crippen molar-refractivity contribution in [1.29, 1.82) is 0 Å². The van der Waals surface area contributed by atoms with Crippen molar-refractivity contribution in [2.24, 2.45) is 23.1 Å². The van der Waals surface area contributed by atoms with Gasteiger partial charge in [-0.1, -0.05) is 20.3 Å². The van der Waals surface area contributed by atoms with Crippen molar-refractivity contribution in [2.45, 2.75) is 76.5 Å². The monoisotopic (exact) mass is 476 g/mol. The van der Waals surface area contributed by atoms with Crippen LogP contribution in [0.15, 0.2) is 0 Å². The molecule has 3 amide bonds. The number of hydrogen-bond donors (Lipinski definition) is 8. The van der Waals surface area contributed by atoms with E-state index in [0.29, 0.717) is 38.8 Å². The van der Waals surface area contributed by atoms with Crippen LogP contribution in [0.3, 0.4) is 0 Å². The zero-order chi connectivity index (χ0) is 24.7. The molecule has 0 aliphatic rings. The number of carbonyl (C=O) groups excluding carboxylic acids is 3. The average Bonchev–Trinajstić information content (AvgIpc) is 2.74. The minimum atomic E-state index is -1.16. The Morgan fingerprint density at radius 1 is 0.812 bits per heavy atom. The minimum Gasteiger partial charge on any atom is -0.480 e.